The van der Waals surface area contributed by atoms with E-state index >= 15 is 0 Å². The Hall–Kier alpha value is -1.40. The van der Waals surface area contributed by atoms with Gasteiger partial charge in [-0.05, 0) is 36.5 Å². The number of nitrogens with one attached hydrogen (secondary N) is 1. The van der Waals surface area contributed by atoms with Crippen LogP contribution in [0, 0.1) is 0 Å². The fourth-order valence-corrected chi connectivity index (χ4v) is 4.10. The molecule has 0 aliphatic heterocycles. The maximum Gasteiger partial charge on any atom is 0.324 e. The zero-order valence-electron chi connectivity index (χ0n) is 12.3. The molecule has 6 heteroatoms. The van der Waals surface area contributed by atoms with E-state index in [2.05, 4.69) is 4.72 Å². The topological polar surface area (TPSA) is 83.5 Å². The second kappa shape index (κ2) is 5.77. The molecule has 1 fully saturated rings. The van der Waals surface area contributed by atoms with Crippen molar-refractivity contribution in [1.82, 2.24) is 4.72 Å². The van der Waals surface area contributed by atoms with Gasteiger partial charge in [0.25, 0.3) is 0 Å². The van der Waals surface area contributed by atoms with E-state index in [1.165, 1.54) is 12.1 Å². The standard InChI is InChI=1S/C15H21NO4S/c1-11(2)12-5-7-13(8-6-12)21(19,20)16-15(14(17)18)9-3-4-10-15/h5-8,11,16H,3-4,9-10H2,1-2H3,(H,17,18). The predicted molar refractivity (Wildman–Crippen MR) is 79.7 cm³/mol. The Morgan fingerprint density at radius 2 is 1.71 bits per heavy atom. The SMILES string of the molecule is CC(C)c1ccc(S(=O)(=O)NC2(C(=O)O)CCCC2)cc1. The molecular formula is C15H21NO4S. The van der Waals surface area contributed by atoms with Crippen molar-refractivity contribution >= 4 is 16.0 Å². The lowest BCUT2D eigenvalue weighted by Gasteiger charge is -2.25. The van der Waals surface area contributed by atoms with Gasteiger partial charge in [-0.1, -0.05) is 38.8 Å². The molecule has 1 aromatic rings. The van der Waals surface area contributed by atoms with Gasteiger partial charge in [0.1, 0.15) is 5.54 Å². The third-order valence-electron chi connectivity index (χ3n) is 4.05. The lowest BCUT2D eigenvalue weighted by molar-refractivity contribution is -0.143. The summed E-state index contributed by atoms with van der Waals surface area (Å²) in [6, 6.07) is 6.59. The lowest BCUT2D eigenvalue weighted by Crippen LogP contribution is -2.52. The van der Waals surface area contributed by atoms with E-state index in [1.54, 1.807) is 12.1 Å². The highest BCUT2D eigenvalue weighted by molar-refractivity contribution is 7.89. The first-order valence-corrected chi connectivity index (χ1v) is 8.62. The van der Waals surface area contributed by atoms with Gasteiger partial charge in [-0.3, -0.25) is 4.79 Å². The van der Waals surface area contributed by atoms with Gasteiger partial charge in [0, 0.05) is 0 Å². The Bertz CT molecular complexity index is 614. The summed E-state index contributed by atoms with van der Waals surface area (Å²) in [5, 5.41) is 9.36. The summed E-state index contributed by atoms with van der Waals surface area (Å²) >= 11 is 0. The minimum absolute atomic E-state index is 0.111. The van der Waals surface area contributed by atoms with Crippen LogP contribution in [-0.4, -0.2) is 25.0 Å². The highest BCUT2D eigenvalue weighted by atomic mass is 32.2. The van der Waals surface area contributed by atoms with Crippen LogP contribution in [0.25, 0.3) is 0 Å². The van der Waals surface area contributed by atoms with E-state index < -0.39 is 21.5 Å². The van der Waals surface area contributed by atoms with Gasteiger partial charge in [-0.15, -0.1) is 0 Å². The van der Waals surface area contributed by atoms with Crippen LogP contribution in [0.15, 0.2) is 29.2 Å². The molecule has 0 amide bonds. The number of carboxylic acid groups (broad SMARTS) is 1. The van der Waals surface area contributed by atoms with Crippen molar-refractivity contribution in [3.63, 3.8) is 0 Å². The number of benzene rings is 1. The van der Waals surface area contributed by atoms with Gasteiger partial charge in [-0.25, -0.2) is 8.42 Å². The normalized spacial score (nSPS) is 18.0. The fourth-order valence-electron chi connectivity index (χ4n) is 2.69. The maximum absolute atomic E-state index is 12.4. The third-order valence-corrected chi connectivity index (χ3v) is 5.61. The highest BCUT2D eigenvalue weighted by Crippen LogP contribution is 2.31. The van der Waals surface area contributed by atoms with Gasteiger partial charge < -0.3 is 5.11 Å². The van der Waals surface area contributed by atoms with E-state index in [1.807, 2.05) is 13.8 Å². The van der Waals surface area contributed by atoms with Crippen molar-refractivity contribution in [3.8, 4) is 0 Å². The second-order valence-corrected chi connectivity index (χ2v) is 7.61. The minimum Gasteiger partial charge on any atom is -0.480 e. The second-order valence-electron chi connectivity index (χ2n) is 5.92. The van der Waals surface area contributed by atoms with Crippen molar-refractivity contribution < 1.29 is 18.3 Å². The van der Waals surface area contributed by atoms with Crippen LogP contribution >= 0.6 is 0 Å². The van der Waals surface area contributed by atoms with Crippen LogP contribution in [0.4, 0.5) is 0 Å². The number of hydrogen-bond acceptors (Lipinski definition) is 3. The molecule has 0 spiro atoms. The van der Waals surface area contributed by atoms with Crippen LogP contribution in [-0.2, 0) is 14.8 Å². The molecule has 0 saturated heterocycles. The highest BCUT2D eigenvalue weighted by Gasteiger charge is 2.44. The van der Waals surface area contributed by atoms with Crippen LogP contribution < -0.4 is 4.72 Å². The van der Waals surface area contributed by atoms with Crippen molar-refractivity contribution in [2.75, 3.05) is 0 Å². The lowest BCUT2D eigenvalue weighted by atomic mass is 10.0. The number of carbonyl (C=O) groups is 1. The zero-order chi connectivity index (χ0) is 15.7. The number of rotatable bonds is 5. The van der Waals surface area contributed by atoms with Crippen LogP contribution in [0.3, 0.4) is 0 Å². The van der Waals surface area contributed by atoms with Crippen LogP contribution in [0.2, 0.25) is 0 Å². The maximum atomic E-state index is 12.4. The fraction of sp³-hybridized carbons (Fsp3) is 0.533. The summed E-state index contributed by atoms with van der Waals surface area (Å²) in [5.74, 6) is -0.780. The summed E-state index contributed by atoms with van der Waals surface area (Å²) in [6.07, 6.45) is 2.12. The molecule has 1 aromatic carbocycles. The number of hydrogen-bond donors (Lipinski definition) is 2. The van der Waals surface area contributed by atoms with Gasteiger partial charge in [0.2, 0.25) is 10.0 Å². The molecule has 5 nitrogen and oxygen atoms in total. The summed E-state index contributed by atoms with van der Waals surface area (Å²) in [6.45, 7) is 4.05. The van der Waals surface area contributed by atoms with E-state index in [-0.39, 0.29) is 4.90 Å². The Labute approximate surface area is 125 Å². The largest absolute Gasteiger partial charge is 0.480 e. The average Bonchev–Trinajstić information content (AvgIpc) is 2.88. The minimum atomic E-state index is -3.82. The Morgan fingerprint density at radius 3 is 2.14 bits per heavy atom. The summed E-state index contributed by atoms with van der Waals surface area (Å²) in [4.78, 5) is 11.6. The van der Waals surface area contributed by atoms with E-state index in [0.29, 0.717) is 18.8 Å². The third kappa shape index (κ3) is 3.27. The number of sulfonamides is 1. The molecule has 1 aliphatic carbocycles. The number of aliphatic carboxylic acids is 1. The Morgan fingerprint density at radius 1 is 1.19 bits per heavy atom. The van der Waals surface area contributed by atoms with Crippen molar-refractivity contribution in [1.29, 1.82) is 0 Å². The molecular weight excluding hydrogens is 290 g/mol. The molecule has 0 unspecified atom stereocenters. The van der Waals surface area contributed by atoms with Gasteiger partial charge >= 0.3 is 5.97 Å². The first kappa shape index (κ1) is 16.0. The molecule has 1 aliphatic rings. The van der Waals surface area contributed by atoms with Crippen molar-refractivity contribution in [2.45, 2.75) is 55.9 Å². The van der Waals surface area contributed by atoms with Crippen LogP contribution in [0.5, 0.6) is 0 Å². The van der Waals surface area contributed by atoms with Crippen molar-refractivity contribution in [3.05, 3.63) is 29.8 Å². The van der Waals surface area contributed by atoms with E-state index in [4.69, 9.17) is 0 Å². The summed E-state index contributed by atoms with van der Waals surface area (Å²) in [7, 11) is -3.82. The molecule has 0 heterocycles. The summed E-state index contributed by atoms with van der Waals surface area (Å²) in [5.41, 5.74) is -0.307. The van der Waals surface area contributed by atoms with E-state index in [9.17, 15) is 18.3 Å². The Kier molecular flexibility index (Phi) is 4.39. The molecule has 0 bridgehead atoms. The first-order valence-electron chi connectivity index (χ1n) is 7.14. The van der Waals surface area contributed by atoms with Gasteiger partial charge in [-0.2, -0.15) is 4.72 Å². The molecule has 1 saturated carbocycles. The monoisotopic (exact) mass is 311 g/mol. The predicted octanol–water partition coefficient (Wildman–Crippen LogP) is 2.49. The smallest absolute Gasteiger partial charge is 0.324 e. The molecule has 2 rings (SSSR count). The molecule has 0 atom stereocenters. The Balaban J connectivity index is 2.27. The van der Waals surface area contributed by atoms with Gasteiger partial charge in [0.05, 0.1) is 4.90 Å². The van der Waals surface area contributed by atoms with Crippen LogP contribution in [0.1, 0.15) is 51.0 Å². The van der Waals surface area contributed by atoms with Gasteiger partial charge in [0.15, 0.2) is 0 Å². The molecule has 2 N–H and O–H groups in total. The molecule has 0 aromatic heterocycles. The summed E-state index contributed by atoms with van der Waals surface area (Å²) < 4.78 is 27.2. The quantitative estimate of drug-likeness (QED) is 0.875. The molecule has 116 valence electrons. The molecule has 21 heavy (non-hydrogen) atoms. The van der Waals surface area contributed by atoms with E-state index in [0.717, 1.165) is 18.4 Å². The zero-order valence-corrected chi connectivity index (χ0v) is 13.1. The average molecular weight is 311 g/mol. The number of carboxylic acids is 1. The van der Waals surface area contributed by atoms with Crippen molar-refractivity contribution in [2.24, 2.45) is 0 Å². The first-order chi connectivity index (χ1) is 9.77. The molecule has 0 radical (unpaired) electrons.